The largest absolute Gasteiger partial charge is 0.394 e. The Labute approximate surface area is 529 Å². The van der Waals surface area contributed by atoms with Crippen molar-refractivity contribution in [1.29, 1.82) is 0 Å². The van der Waals surface area contributed by atoms with Gasteiger partial charge in [0.15, 0.2) is 18.9 Å². The van der Waals surface area contributed by atoms with Crippen LogP contribution in [0.4, 0.5) is 0 Å². The summed E-state index contributed by atoms with van der Waals surface area (Å²) >= 11 is 0. The lowest BCUT2D eigenvalue weighted by molar-refractivity contribution is -0.379. The van der Waals surface area contributed by atoms with E-state index in [0.717, 1.165) is 77.0 Å². The van der Waals surface area contributed by atoms with Crippen molar-refractivity contribution in [2.24, 2.45) is 0 Å². The van der Waals surface area contributed by atoms with Crippen LogP contribution in [0.15, 0.2) is 48.6 Å². The molecule has 17 atom stereocenters. The van der Waals surface area contributed by atoms with Gasteiger partial charge in [-0.05, 0) is 51.4 Å². The first-order chi connectivity index (χ1) is 42.8. The number of aliphatic hydroxyl groups excluding tert-OH is 11. The van der Waals surface area contributed by atoms with Crippen LogP contribution in [-0.4, -0.2) is 193 Å². The number of amides is 1. The minimum Gasteiger partial charge on any atom is -0.394 e. The highest BCUT2D eigenvalue weighted by atomic mass is 16.8. The maximum absolute atomic E-state index is 13.4. The Hall–Kier alpha value is -2.25. The molecule has 3 aliphatic heterocycles. The van der Waals surface area contributed by atoms with Crippen LogP contribution in [-0.2, 0) is 33.2 Å². The van der Waals surface area contributed by atoms with Gasteiger partial charge in [-0.3, -0.25) is 4.79 Å². The second kappa shape index (κ2) is 51.2. The maximum atomic E-state index is 13.4. The topological polar surface area (TPSA) is 307 Å². The Morgan fingerprint density at radius 1 is 0.420 bits per heavy atom. The Balaban J connectivity index is 1.43. The molecule has 514 valence electrons. The van der Waals surface area contributed by atoms with E-state index >= 15 is 0 Å². The van der Waals surface area contributed by atoms with Gasteiger partial charge in [-0.2, -0.15) is 0 Å². The summed E-state index contributed by atoms with van der Waals surface area (Å²) in [6.07, 6.45) is 33.4. The zero-order valence-electron chi connectivity index (χ0n) is 54.2. The molecule has 3 aliphatic rings. The molecule has 12 N–H and O–H groups in total. The maximum Gasteiger partial charge on any atom is 0.220 e. The van der Waals surface area contributed by atoms with Crippen molar-refractivity contribution in [3.8, 4) is 0 Å². The minimum absolute atomic E-state index is 0.237. The number of hydrogen-bond acceptors (Lipinski definition) is 18. The predicted molar refractivity (Wildman–Crippen MR) is 342 cm³/mol. The van der Waals surface area contributed by atoms with E-state index in [4.69, 9.17) is 28.4 Å². The molecular formula is C69H125NO18. The molecule has 0 aliphatic carbocycles. The summed E-state index contributed by atoms with van der Waals surface area (Å²) in [7, 11) is 0. The molecule has 0 radical (unpaired) electrons. The van der Waals surface area contributed by atoms with Gasteiger partial charge in [0.1, 0.15) is 73.2 Å². The fourth-order valence-electron chi connectivity index (χ4n) is 11.8. The number of allylic oxidation sites excluding steroid dienone is 8. The summed E-state index contributed by atoms with van der Waals surface area (Å²) in [5.74, 6) is -0.265. The molecule has 17 unspecified atom stereocenters. The number of rotatable bonds is 53. The molecule has 3 fully saturated rings. The molecule has 88 heavy (non-hydrogen) atoms. The molecule has 0 aromatic carbocycles. The minimum atomic E-state index is -1.98. The van der Waals surface area contributed by atoms with Crippen LogP contribution in [0, 0.1) is 0 Å². The Kier molecular flexibility index (Phi) is 46.5. The van der Waals surface area contributed by atoms with Crippen LogP contribution in [0.1, 0.15) is 251 Å². The van der Waals surface area contributed by atoms with Gasteiger partial charge in [-0.15, -0.1) is 0 Å². The van der Waals surface area contributed by atoms with Gasteiger partial charge in [-0.1, -0.05) is 242 Å². The third-order valence-corrected chi connectivity index (χ3v) is 17.4. The quantitative estimate of drug-likeness (QED) is 0.0200. The molecule has 0 aromatic heterocycles. The molecule has 19 heteroatoms. The summed E-state index contributed by atoms with van der Waals surface area (Å²) < 4.78 is 34.4. The van der Waals surface area contributed by atoms with E-state index in [9.17, 15) is 61.0 Å². The Bertz CT molecular complexity index is 1790. The monoisotopic (exact) mass is 1260 g/mol. The van der Waals surface area contributed by atoms with Gasteiger partial charge in [0.25, 0.3) is 0 Å². The lowest BCUT2D eigenvalue weighted by Gasteiger charge is -2.48. The van der Waals surface area contributed by atoms with Gasteiger partial charge >= 0.3 is 0 Å². The fraction of sp³-hybridized carbons (Fsp3) is 0.870. The summed E-state index contributed by atoms with van der Waals surface area (Å²) in [6, 6.07) is -0.903. The molecule has 3 rings (SSSR count). The molecular weight excluding hydrogens is 1130 g/mol. The average molecular weight is 1260 g/mol. The summed E-state index contributed by atoms with van der Waals surface area (Å²) in [6.45, 7) is 1.68. The Morgan fingerprint density at radius 2 is 0.784 bits per heavy atom. The van der Waals surface area contributed by atoms with Gasteiger partial charge in [0.05, 0.1) is 38.6 Å². The molecule has 1 amide bonds. The van der Waals surface area contributed by atoms with E-state index in [2.05, 4.69) is 67.8 Å². The molecule has 19 nitrogen and oxygen atoms in total. The van der Waals surface area contributed by atoms with Crippen LogP contribution >= 0.6 is 0 Å². The van der Waals surface area contributed by atoms with Crippen molar-refractivity contribution in [3.05, 3.63) is 48.6 Å². The lowest BCUT2D eigenvalue weighted by Crippen LogP contribution is -2.66. The van der Waals surface area contributed by atoms with E-state index in [0.29, 0.717) is 12.8 Å². The second-order valence-corrected chi connectivity index (χ2v) is 25.0. The van der Waals surface area contributed by atoms with E-state index in [1.54, 1.807) is 0 Å². The van der Waals surface area contributed by atoms with Crippen molar-refractivity contribution in [3.63, 3.8) is 0 Å². The number of carbonyl (C=O) groups excluding carboxylic acids is 1. The van der Waals surface area contributed by atoms with Crippen LogP contribution in [0.2, 0.25) is 0 Å². The summed E-state index contributed by atoms with van der Waals surface area (Å²) in [4.78, 5) is 13.4. The first-order valence-corrected chi connectivity index (χ1v) is 34.9. The number of nitrogens with one attached hydrogen (secondary N) is 1. The smallest absolute Gasteiger partial charge is 0.220 e. The molecule has 3 heterocycles. The van der Waals surface area contributed by atoms with E-state index in [1.165, 1.54) is 141 Å². The third kappa shape index (κ3) is 33.0. The number of unbranched alkanes of at least 4 members (excludes halogenated alkanes) is 29. The van der Waals surface area contributed by atoms with Crippen molar-refractivity contribution in [2.45, 2.75) is 356 Å². The van der Waals surface area contributed by atoms with Crippen LogP contribution in [0.3, 0.4) is 0 Å². The van der Waals surface area contributed by atoms with Crippen LogP contribution in [0.5, 0.6) is 0 Å². The average Bonchev–Trinajstić information content (AvgIpc) is 3.72. The Morgan fingerprint density at radius 3 is 1.23 bits per heavy atom. The molecule has 0 spiro atoms. The first-order valence-electron chi connectivity index (χ1n) is 34.9. The van der Waals surface area contributed by atoms with Crippen LogP contribution < -0.4 is 5.32 Å². The highest BCUT2D eigenvalue weighted by molar-refractivity contribution is 5.76. The molecule has 0 saturated carbocycles. The van der Waals surface area contributed by atoms with Gasteiger partial charge < -0.3 is 89.9 Å². The second-order valence-electron chi connectivity index (χ2n) is 25.0. The molecule has 3 saturated heterocycles. The molecule has 0 aromatic rings. The predicted octanol–water partition coefficient (Wildman–Crippen LogP) is 9.00. The van der Waals surface area contributed by atoms with E-state index in [1.807, 2.05) is 0 Å². The van der Waals surface area contributed by atoms with Gasteiger partial charge in [0, 0.05) is 6.42 Å². The molecule has 0 bridgehead atoms. The first kappa shape index (κ1) is 80.0. The summed E-state index contributed by atoms with van der Waals surface area (Å²) in [5, 5.41) is 121. The number of hydrogen-bond donors (Lipinski definition) is 12. The van der Waals surface area contributed by atoms with Crippen molar-refractivity contribution in [2.75, 3.05) is 26.4 Å². The lowest BCUT2D eigenvalue weighted by atomic mass is 9.96. The van der Waals surface area contributed by atoms with Crippen LogP contribution in [0.25, 0.3) is 0 Å². The fourth-order valence-corrected chi connectivity index (χ4v) is 11.8. The number of ether oxygens (including phenoxy) is 6. The standard InChI is InChI=1S/C69H125NO18/c1-3-5-7-9-11-13-15-17-19-21-22-23-24-25-26-27-28-29-31-32-34-36-38-40-42-44-46-53(74)52(70-57(75)47-45-43-41-39-37-35-33-30-20-18-16-14-12-10-8-6-4-2)51-83-67-63(81)60(78)65(55(49-72)85-67)88-69-64(82)61(79)66(56(50-73)86-69)87-68-62(80)59(77)58(76)54(48-71)84-68/h6,8,12,14,18,20,33,35,52-56,58-69,71-74,76-82H,3-5,7,9-11,13,15-17,19,21-32,34,36-51H2,1-2H3,(H,70,75)/b8-6-,14-12-,20-18-,35-33-. The van der Waals surface area contributed by atoms with E-state index < -0.39 is 124 Å². The van der Waals surface area contributed by atoms with Crippen molar-refractivity contribution in [1.82, 2.24) is 5.32 Å². The SMILES string of the molecule is CC/C=C\C/C=C\C/C=C\C/C=C\CCCCCCC(=O)NC(COC1OC(CO)C(OC2OC(CO)C(OC3OC(CO)C(O)C(O)C3O)C(O)C2O)C(O)C1O)C(O)CCCCCCCCCCCCCCCCCCCCCCCCCCCC. The highest BCUT2D eigenvalue weighted by Gasteiger charge is 2.53. The summed E-state index contributed by atoms with van der Waals surface area (Å²) in [5.41, 5.74) is 0. The third-order valence-electron chi connectivity index (χ3n) is 17.4. The van der Waals surface area contributed by atoms with Crippen molar-refractivity contribution < 1.29 is 89.4 Å². The number of aliphatic hydroxyl groups is 11. The van der Waals surface area contributed by atoms with Gasteiger partial charge in [0.2, 0.25) is 5.91 Å². The zero-order valence-corrected chi connectivity index (χ0v) is 54.2. The highest BCUT2D eigenvalue weighted by Crippen LogP contribution is 2.33. The van der Waals surface area contributed by atoms with Crippen molar-refractivity contribution >= 4 is 5.91 Å². The van der Waals surface area contributed by atoms with Gasteiger partial charge in [-0.25, -0.2) is 0 Å². The van der Waals surface area contributed by atoms with E-state index in [-0.39, 0.29) is 18.9 Å². The normalized spacial score (nSPS) is 28.7. The number of carbonyl (C=O) groups is 1. The zero-order chi connectivity index (χ0) is 64.0.